The second-order valence-electron chi connectivity index (χ2n) is 5.41. The minimum atomic E-state index is 0.0334. The third-order valence-corrected chi connectivity index (χ3v) is 4.75. The molecule has 24 heavy (non-hydrogen) atoms. The van der Waals surface area contributed by atoms with Crippen LogP contribution in [0.4, 0.5) is 0 Å². The number of nitrogens with zero attached hydrogens (tertiary/aromatic N) is 3. The van der Waals surface area contributed by atoms with Crippen molar-refractivity contribution < 1.29 is 4.79 Å². The van der Waals surface area contributed by atoms with E-state index in [4.69, 9.17) is 11.6 Å². The van der Waals surface area contributed by atoms with E-state index in [1.54, 1.807) is 0 Å². The largest absolute Gasteiger partial charge is 0.355 e. The zero-order valence-corrected chi connectivity index (χ0v) is 15.7. The standard InChI is InChI=1S/C17H23ClN4OS/c1-3-5-6-10-19-15(23)12-24-17-21-20-16(22(17)4-2)13-8-7-9-14(18)11-13/h7-9,11H,3-6,10,12H2,1-2H3,(H,19,23). The van der Waals surface area contributed by atoms with Crippen molar-refractivity contribution in [1.29, 1.82) is 0 Å². The van der Waals surface area contributed by atoms with Gasteiger partial charge in [-0.1, -0.05) is 55.3 Å². The molecule has 0 aliphatic heterocycles. The smallest absolute Gasteiger partial charge is 0.230 e. The van der Waals surface area contributed by atoms with Gasteiger partial charge in [-0.05, 0) is 25.5 Å². The Hall–Kier alpha value is -1.53. The van der Waals surface area contributed by atoms with Crippen LogP contribution in [0.5, 0.6) is 0 Å². The Labute approximate surface area is 152 Å². The zero-order valence-electron chi connectivity index (χ0n) is 14.1. The highest BCUT2D eigenvalue weighted by Crippen LogP contribution is 2.25. The molecular formula is C17H23ClN4OS. The first-order chi connectivity index (χ1) is 11.7. The summed E-state index contributed by atoms with van der Waals surface area (Å²) in [6, 6.07) is 7.54. The predicted octanol–water partition coefficient (Wildman–Crippen LogP) is 4.02. The van der Waals surface area contributed by atoms with E-state index in [1.807, 2.05) is 35.8 Å². The molecule has 0 spiro atoms. The van der Waals surface area contributed by atoms with Gasteiger partial charge in [0.2, 0.25) is 5.91 Å². The first-order valence-electron chi connectivity index (χ1n) is 8.24. The third-order valence-electron chi connectivity index (χ3n) is 3.55. The lowest BCUT2D eigenvalue weighted by Gasteiger charge is -2.08. The van der Waals surface area contributed by atoms with Crippen molar-refractivity contribution in [1.82, 2.24) is 20.1 Å². The summed E-state index contributed by atoms with van der Waals surface area (Å²) in [6.07, 6.45) is 3.31. The van der Waals surface area contributed by atoms with Gasteiger partial charge >= 0.3 is 0 Å². The van der Waals surface area contributed by atoms with E-state index in [1.165, 1.54) is 11.8 Å². The van der Waals surface area contributed by atoms with Gasteiger partial charge < -0.3 is 9.88 Å². The van der Waals surface area contributed by atoms with Crippen LogP contribution in [0, 0.1) is 0 Å². The fourth-order valence-electron chi connectivity index (χ4n) is 2.31. The van der Waals surface area contributed by atoms with E-state index in [0.717, 1.165) is 48.9 Å². The normalized spacial score (nSPS) is 10.8. The summed E-state index contributed by atoms with van der Waals surface area (Å²) in [7, 11) is 0. The lowest BCUT2D eigenvalue weighted by Crippen LogP contribution is -2.26. The molecule has 0 saturated heterocycles. The highest BCUT2D eigenvalue weighted by Gasteiger charge is 2.14. The van der Waals surface area contributed by atoms with E-state index < -0.39 is 0 Å². The number of benzene rings is 1. The minimum absolute atomic E-state index is 0.0334. The number of carbonyl (C=O) groups excluding carboxylic acids is 1. The summed E-state index contributed by atoms with van der Waals surface area (Å²) in [5.74, 6) is 1.15. The quantitative estimate of drug-likeness (QED) is 0.538. The van der Waals surface area contributed by atoms with Gasteiger partial charge in [-0.2, -0.15) is 0 Å². The molecule has 1 aromatic heterocycles. The van der Waals surface area contributed by atoms with E-state index in [2.05, 4.69) is 22.4 Å². The summed E-state index contributed by atoms with van der Waals surface area (Å²) in [4.78, 5) is 11.9. The van der Waals surface area contributed by atoms with Gasteiger partial charge in [-0.25, -0.2) is 0 Å². The molecule has 0 aliphatic carbocycles. The lowest BCUT2D eigenvalue weighted by atomic mass is 10.2. The van der Waals surface area contributed by atoms with Crippen molar-refractivity contribution in [2.24, 2.45) is 0 Å². The molecule has 0 bridgehead atoms. The summed E-state index contributed by atoms with van der Waals surface area (Å²) < 4.78 is 2.00. The van der Waals surface area contributed by atoms with Crippen LogP contribution >= 0.6 is 23.4 Å². The fraction of sp³-hybridized carbons (Fsp3) is 0.471. The summed E-state index contributed by atoms with van der Waals surface area (Å²) in [6.45, 7) is 5.65. The summed E-state index contributed by atoms with van der Waals surface area (Å²) in [5, 5.41) is 12.8. The molecule has 2 aromatic rings. The molecule has 1 N–H and O–H groups in total. The maximum absolute atomic E-state index is 11.9. The van der Waals surface area contributed by atoms with Gasteiger partial charge in [-0.15, -0.1) is 10.2 Å². The number of halogens is 1. The van der Waals surface area contributed by atoms with Crippen molar-refractivity contribution in [2.45, 2.75) is 44.8 Å². The number of hydrogen-bond acceptors (Lipinski definition) is 4. The second-order valence-corrected chi connectivity index (χ2v) is 6.79. The predicted molar refractivity (Wildman–Crippen MR) is 99.4 cm³/mol. The number of rotatable bonds is 9. The molecule has 0 aliphatic rings. The second kappa shape index (κ2) is 9.69. The minimum Gasteiger partial charge on any atom is -0.355 e. The average molecular weight is 367 g/mol. The highest BCUT2D eigenvalue weighted by atomic mass is 35.5. The van der Waals surface area contributed by atoms with E-state index in [9.17, 15) is 4.79 Å². The van der Waals surface area contributed by atoms with Crippen LogP contribution in [0.2, 0.25) is 5.02 Å². The van der Waals surface area contributed by atoms with Crippen LogP contribution < -0.4 is 5.32 Å². The summed E-state index contributed by atoms with van der Waals surface area (Å²) >= 11 is 7.46. The Morgan fingerprint density at radius 1 is 1.29 bits per heavy atom. The molecular weight excluding hydrogens is 344 g/mol. The molecule has 0 unspecified atom stereocenters. The maximum atomic E-state index is 11.9. The van der Waals surface area contributed by atoms with Gasteiger partial charge in [0.25, 0.3) is 0 Å². The average Bonchev–Trinajstić information content (AvgIpc) is 3.00. The van der Waals surface area contributed by atoms with Crippen molar-refractivity contribution >= 4 is 29.3 Å². The van der Waals surface area contributed by atoms with Gasteiger partial charge in [0.1, 0.15) is 0 Å². The lowest BCUT2D eigenvalue weighted by molar-refractivity contribution is -0.118. The van der Waals surface area contributed by atoms with Gasteiger partial charge in [0.05, 0.1) is 5.75 Å². The molecule has 1 amide bonds. The van der Waals surface area contributed by atoms with E-state index in [-0.39, 0.29) is 5.91 Å². The number of hydrogen-bond donors (Lipinski definition) is 1. The maximum Gasteiger partial charge on any atom is 0.230 e. The topological polar surface area (TPSA) is 59.8 Å². The highest BCUT2D eigenvalue weighted by molar-refractivity contribution is 7.99. The molecule has 7 heteroatoms. The molecule has 130 valence electrons. The third kappa shape index (κ3) is 5.24. The van der Waals surface area contributed by atoms with Crippen molar-refractivity contribution in [2.75, 3.05) is 12.3 Å². The number of thioether (sulfide) groups is 1. The number of carbonyl (C=O) groups is 1. The van der Waals surface area contributed by atoms with E-state index >= 15 is 0 Å². The number of aromatic nitrogens is 3. The van der Waals surface area contributed by atoms with Crippen LogP contribution in [0.15, 0.2) is 29.4 Å². The molecule has 0 fully saturated rings. The molecule has 5 nitrogen and oxygen atoms in total. The molecule has 1 heterocycles. The van der Waals surface area contributed by atoms with Crippen LogP contribution in [0.1, 0.15) is 33.1 Å². The van der Waals surface area contributed by atoms with Crippen molar-refractivity contribution in [3.63, 3.8) is 0 Å². The molecule has 2 rings (SSSR count). The van der Waals surface area contributed by atoms with E-state index in [0.29, 0.717) is 10.8 Å². The fourth-order valence-corrected chi connectivity index (χ4v) is 3.33. The number of unbranched alkanes of at least 4 members (excludes halogenated alkanes) is 2. The molecule has 0 saturated carbocycles. The Balaban J connectivity index is 1.98. The first-order valence-corrected chi connectivity index (χ1v) is 9.60. The molecule has 0 radical (unpaired) electrons. The summed E-state index contributed by atoms with van der Waals surface area (Å²) in [5.41, 5.74) is 0.924. The van der Waals surface area contributed by atoms with Crippen LogP contribution in [0.25, 0.3) is 11.4 Å². The van der Waals surface area contributed by atoms with Crippen molar-refractivity contribution in [3.05, 3.63) is 29.3 Å². The van der Waals surface area contributed by atoms with Crippen molar-refractivity contribution in [3.8, 4) is 11.4 Å². The Morgan fingerprint density at radius 3 is 2.83 bits per heavy atom. The molecule has 1 aromatic carbocycles. The Kier molecular flexibility index (Phi) is 7.59. The van der Waals surface area contributed by atoms with Gasteiger partial charge in [0.15, 0.2) is 11.0 Å². The SMILES string of the molecule is CCCCCNC(=O)CSc1nnc(-c2cccc(Cl)c2)n1CC. The van der Waals surface area contributed by atoms with Crippen LogP contribution in [-0.4, -0.2) is 33.0 Å². The van der Waals surface area contributed by atoms with Gasteiger partial charge in [-0.3, -0.25) is 4.79 Å². The van der Waals surface area contributed by atoms with Crippen LogP contribution in [-0.2, 0) is 11.3 Å². The monoisotopic (exact) mass is 366 g/mol. The molecule has 0 atom stereocenters. The number of amides is 1. The van der Waals surface area contributed by atoms with Gasteiger partial charge in [0, 0.05) is 23.7 Å². The zero-order chi connectivity index (χ0) is 17.4. The number of nitrogens with one attached hydrogen (secondary N) is 1. The Morgan fingerprint density at radius 2 is 2.12 bits per heavy atom. The van der Waals surface area contributed by atoms with Crippen LogP contribution in [0.3, 0.4) is 0 Å². The Bertz CT molecular complexity index is 674. The first kappa shape index (κ1) is 18.8.